The molecule has 2 aromatic carbocycles. The van der Waals surface area contributed by atoms with Gasteiger partial charge in [0, 0.05) is 36.1 Å². The van der Waals surface area contributed by atoms with E-state index < -0.39 is 10.3 Å². The van der Waals surface area contributed by atoms with Gasteiger partial charge in [0.05, 0.1) is 10.3 Å². The maximum atomic E-state index is 13.1. The van der Waals surface area contributed by atoms with Crippen LogP contribution in [0.4, 0.5) is 11.4 Å². The predicted octanol–water partition coefficient (Wildman–Crippen LogP) is 3.94. The number of non-ortho nitro benzene ring substituents is 1. The van der Waals surface area contributed by atoms with E-state index in [0.717, 1.165) is 5.56 Å². The fourth-order valence-corrected chi connectivity index (χ4v) is 3.29. The molecule has 1 aliphatic heterocycles. The van der Waals surface area contributed by atoms with Crippen LogP contribution in [0.3, 0.4) is 0 Å². The summed E-state index contributed by atoms with van der Waals surface area (Å²) in [7, 11) is 0. The Kier molecular flexibility index (Phi) is 5.01. The van der Waals surface area contributed by atoms with Gasteiger partial charge >= 0.3 is 0 Å². The lowest BCUT2D eigenvalue weighted by molar-refractivity contribution is -0.384. The molecule has 0 unspecified atom stereocenters. The van der Waals surface area contributed by atoms with Crippen LogP contribution < -0.4 is 5.32 Å². The van der Waals surface area contributed by atoms with E-state index in [1.165, 1.54) is 12.1 Å². The van der Waals surface area contributed by atoms with Gasteiger partial charge in [0.1, 0.15) is 0 Å². The van der Waals surface area contributed by atoms with Gasteiger partial charge in [0.15, 0.2) is 0 Å². The monoisotopic (exact) mass is 360 g/mol. The van der Waals surface area contributed by atoms with Crippen molar-refractivity contribution in [2.24, 2.45) is 0 Å². The van der Waals surface area contributed by atoms with Crippen molar-refractivity contribution < 1.29 is 14.5 Å². The molecular weight excluding hydrogens is 344 g/mol. The third kappa shape index (κ3) is 3.65. The number of rotatable bonds is 4. The number of nitro benzene ring substituents is 1. The van der Waals surface area contributed by atoms with Crippen molar-refractivity contribution in [2.45, 2.75) is 18.3 Å². The SMILES string of the molecule is O=C(Nc1cccc([N+](=O)[O-])c1)C1(c2cccc(Cl)c2)CCOCC1. The van der Waals surface area contributed by atoms with E-state index >= 15 is 0 Å². The van der Waals surface area contributed by atoms with Gasteiger partial charge in [-0.1, -0.05) is 29.8 Å². The first-order valence-electron chi connectivity index (χ1n) is 7.91. The summed E-state index contributed by atoms with van der Waals surface area (Å²) in [6, 6.07) is 13.2. The minimum absolute atomic E-state index is 0.0680. The Bertz CT molecular complexity index is 803. The first kappa shape index (κ1) is 17.4. The van der Waals surface area contributed by atoms with Crippen LogP contribution in [0.25, 0.3) is 0 Å². The molecule has 0 aliphatic carbocycles. The van der Waals surface area contributed by atoms with Crippen LogP contribution in [0.5, 0.6) is 0 Å². The van der Waals surface area contributed by atoms with Gasteiger partial charge in [-0.15, -0.1) is 0 Å². The number of amides is 1. The highest BCUT2D eigenvalue weighted by atomic mass is 35.5. The highest BCUT2D eigenvalue weighted by molar-refractivity contribution is 6.30. The Balaban J connectivity index is 1.93. The first-order valence-corrected chi connectivity index (χ1v) is 8.29. The molecule has 2 aromatic rings. The van der Waals surface area contributed by atoms with E-state index in [1.54, 1.807) is 24.3 Å². The molecule has 1 aliphatic rings. The van der Waals surface area contributed by atoms with Crippen molar-refractivity contribution in [3.8, 4) is 0 Å². The van der Waals surface area contributed by atoms with Crippen LogP contribution in [-0.2, 0) is 14.9 Å². The largest absolute Gasteiger partial charge is 0.381 e. The fraction of sp³-hybridized carbons (Fsp3) is 0.278. The van der Waals surface area contributed by atoms with Crippen LogP contribution in [0, 0.1) is 10.1 Å². The van der Waals surface area contributed by atoms with Crippen molar-refractivity contribution in [1.82, 2.24) is 0 Å². The molecule has 1 N–H and O–H groups in total. The maximum Gasteiger partial charge on any atom is 0.271 e. The summed E-state index contributed by atoms with van der Waals surface area (Å²) in [5.74, 6) is -0.210. The van der Waals surface area contributed by atoms with Crippen molar-refractivity contribution in [3.05, 3.63) is 69.2 Å². The molecule has 0 saturated carbocycles. The molecule has 1 saturated heterocycles. The van der Waals surface area contributed by atoms with Gasteiger partial charge in [0.25, 0.3) is 5.69 Å². The maximum absolute atomic E-state index is 13.1. The molecule has 7 heteroatoms. The Morgan fingerprint density at radius 1 is 1.16 bits per heavy atom. The third-order valence-corrected chi connectivity index (χ3v) is 4.71. The summed E-state index contributed by atoms with van der Waals surface area (Å²) < 4.78 is 5.43. The van der Waals surface area contributed by atoms with Crippen LogP contribution in [0.1, 0.15) is 18.4 Å². The minimum Gasteiger partial charge on any atom is -0.381 e. The van der Waals surface area contributed by atoms with Gasteiger partial charge in [-0.3, -0.25) is 14.9 Å². The zero-order chi connectivity index (χ0) is 17.9. The number of nitro groups is 1. The van der Waals surface area contributed by atoms with Gasteiger partial charge in [0.2, 0.25) is 5.91 Å². The highest BCUT2D eigenvalue weighted by Gasteiger charge is 2.42. The highest BCUT2D eigenvalue weighted by Crippen LogP contribution is 2.37. The van der Waals surface area contributed by atoms with Gasteiger partial charge in [-0.05, 0) is 36.6 Å². The van der Waals surface area contributed by atoms with E-state index in [0.29, 0.717) is 36.8 Å². The number of anilines is 1. The number of carbonyl (C=O) groups excluding carboxylic acids is 1. The average Bonchev–Trinajstić information content (AvgIpc) is 2.62. The van der Waals surface area contributed by atoms with E-state index in [-0.39, 0.29) is 11.6 Å². The van der Waals surface area contributed by atoms with Crippen molar-refractivity contribution >= 4 is 28.9 Å². The van der Waals surface area contributed by atoms with Crippen LogP contribution >= 0.6 is 11.6 Å². The summed E-state index contributed by atoms with van der Waals surface area (Å²) in [4.78, 5) is 23.5. The lowest BCUT2D eigenvalue weighted by Crippen LogP contribution is -2.44. The average molecular weight is 361 g/mol. The molecule has 0 spiro atoms. The van der Waals surface area contributed by atoms with Crippen LogP contribution in [0.2, 0.25) is 5.02 Å². The number of hydrogen-bond donors (Lipinski definition) is 1. The molecule has 25 heavy (non-hydrogen) atoms. The van der Waals surface area contributed by atoms with Crippen molar-refractivity contribution in [1.29, 1.82) is 0 Å². The molecule has 130 valence electrons. The molecular formula is C18H17ClN2O4. The Labute approximate surface area is 149 Å². The number of benzene rings is 2. The zero-order valence-corrected chi connectivity index (χ0v) is 14.2. The number of hydrogen-bond acceptors (Lipinski definition) is 4. The number of carbonyl (C=O) groups is 1. The van der Waals surface area contributed by atoms with Gasteiger partial charge < -0.3 is 10.1 Å². The lowest BCUT2D eigenvalue weighted by Gasteiger charge is -2.36. The summed E-state index contributed by atoms with van der Waals surface area (Å²) in [5, 5.41) is 14.3. The predicted molar refractivity (Wildman–Crippen MR) is 94.9 cm³/mol. The molecule has 3 rings (SSSR count). The fourth-order valence-electron chi connectivity index (χ4n) is 3.10. The smallest absolute Gasteiger partial charge is 0.271 e. The first-order chi connectivity index (χ1) is 12.0. The molecule has 1 heterocycles. The van der Waals surface area contributed by atoms with Gasteiger partial charge in [-0.2, -0.15) is 0 Å². The van der Waals surface area contributed by atoms with Gasteiger partial charge in [-0.25, -0.2) is 0 Å². The van der Waals surface area contributed by atoms with E-state index in [2.05, 4.69) is 5.32 Å². The molecule has 1 amide bonds. The molecule has 6 nitrogen and oxygen atoms in total. The van der Waals surface area contributed by atoms with E-state index in [9.17, 15) is 14.9 Å². The Morgan fingerprint density at radius 2 is 1.88 bits per heavy atom. The normalized spacial score (nSPS) is 16.2. The number of nitrogens with one attached hydrogen (secondary N) is 1. The zero-order valence-electron chi connectivity index (χ0n) is 13.4. The van der Waals surface area contributed by atoms with Crippen molar-refractivity contribution in [2.75, 3.05) is 18.5 Å². The lowest BCUT2D eigenvalue weighted by atomic mass is 9.73. The Hall–Kier alpha value is -2.44. The summed E-state index contributed by atoms with van der Waals surface area (Å²) in [6.45, 7) is 0.934. The summed E-state index contributed by atoms with van der Waals surface area (Å²) in [6.07, 6.45) is 1.04. The minimum atomic E-state index is -0.770. The molecule has 1 fully saturated rings. The summed E-state index contributed by atoms with van der Waals surface area (Å²) in [5.41, 5.74) is 0.383. The summed E-state index contributed by atoms with van der Waals surface area (Å²) >= 11 is 6.11. The second kappa shape index (κ2) is 7.21. The molecule has 0 atom stereocenters. The Morgan fingerprint density at radius 3 is 2.56 bits per heavy atom. The third-order valence-electron chi connectivity index (χ3n) is 4.47. The molecule has 0 radical (unpaired) electrons. The second-order valence-corrected chi connectivity index (χ2v) is 6.40. The number of ether oxygens (including phenoxy) is 1. The van der Waals surface area contributed by atoms with E-state index in [1.807, 2.05) is 12.1 Å². The van der Waals surface area contributed by atoms with Crippen molar-refractivity contribution in [3.63, 3.8) is 0 Å². The topological polar surface area (TPSA) is 81.5 Å². The molecule has 0 aromatic heterocycles. The van der Waals surface area contributed by atoms with E-state index in [4.69, 9.17) is 16.3 Å². The standard InChI is InChI=1S/C18H17ClN2O4/c19-14-4-1-3-13(11-14)18(7-9-25-10-8-18)17(22)20-15-5-2-6-16(12-15)21(23)24/h1-6,11-12H,7-10H2,(H,20,22). The van der Waals surface area contributed by atoms with Crippen LogP contribution in [0.15, 0.2) is 48.5 Å². The second-order valence-electron chi connectivity index (χ2n) is 5.97. The number of nitrogens with zero attached hydrogens (tertiary/aromatic N) is 1. The quantitative estimate of drug-likeness (QED) is 0.661. The van der Waals surface area contributed by atoms with Crippen LogP contribution in [-0.4, -0.2) is 24.0 Å². The number of halogens is 1. The molecule has 0 bridgehead atoms.